The van der Waals surface area contributed by atoms with Gasteiger partial charge < -0.3 is 10.3 Å². The molecule has 0 bridgehead atoms. The molecule has 0 aliphatic heterocycles. The Morgan fingerprint density at radius 1 is 1.44 bits per heavy atom. The SMILES string of the molecule is CCCn1c2c(c3cc(F)ccc31)C[C@H](N)CC2. The minimum atomic E-state index is -0.155. The molecule has 2 nitrogen and oxygen atoms in total. The molecular formula is C15H19FN2. The van der Waals surface area contributed by atoms with E-state index in [0.717, 1.165) is 43.1 Å². The average molecular weight is 246 g/mol. The maximum atomic E-state index is 13.5. The molecule has 0 saturated heterocycles. The van der Waals surface area contributed by atoms with Crippen molar-refractivity contribution in [1.29, 1.82) is 0 Å². The Morgan fingerprint density at radius 2 is 2.28 bits per heavy atom. The van der Waals surface area contributed by atoms with Gasteiger partial charge in [0.1, 0.15) is 5.82 Å². The van der Waals surface area contributed by atoms with E-state index in [1.165, 1.54) is 11.3 Å². The van der Waals surface area contributed by atoms with E-state index in [1.807, 2.05) is 6.07 Å². The number of hydrogen-bond donors (Lipinski definition) is 1. The van der Waals surface area contributed by atoms with E-state index in [1.54, 1.807) is 12.1 Å². The maximum Gasteiger partial charge on any atom is 0.123 e. The van der Waals surface area contributed by atoms with Gasteiger partial charge in [-0.3, -0.25) is 0 Å². The third kappa shape index (κ3) is 1.74. The second kappa shape index (κ2) is 4.39. The lowest BCUT2D eigenvalue weighted by Gasteiger charge is -2.20. The second-order valence-corrected chi connectivity index (χ2v) is 5.24. The molecule has 0 saturated carbocycles. The molecule has 0 radical (unpaired) electrons. The lowest BCUT2D eigenvalue weighted by atomic mass is 9.92. The summed E-state index contributed by atoms with van der Waals surface area (Å²) in [6.07, 6.45) is 4.04. The van der Waals surface area contributed by atoms with Gasteiger partial charge in [-0.1, -0.05) is 6.92 Å². The lowest BCUT2D eigenvalue weighted by Crippen LogP contribution is -2.28. The summed E-state index contributed by atoms with van der Waals surface area (Å²) in [4.78, 5) is 0. The molecule has 3 rings (SSSR count). The number of nitrogens with two attached hydrogens (primary N) is 1. The molecule has 0 spiro atoms. The van der Waals surface area contributed by atoms with Crippen molar-refractivity contribution in [2.24, 2.45) is 5.73 Å². The molecule has 1 heterocycles. The number of rotatable bonds is 2. The highest BCUT2D eigenvalue weighted by atomic mass is 19.1. The van der Waals surface area contributed by atoms with Crippen LogP contribution in [0.2, 0.25) is 0 Å². The van der Waals surface area contributed by atoms with Crippen molar-refractivity contribution in [1.82, 2.24) is 4.57 Å². The molecule has 1 aromatic heterocycles. The first-order valence-electron chi connectivity index (χ1n) is 6.75. The quantitative estimate of drug-likeness (QED) is 0.867. The Kier molecular flexibility index (Phi) is 2.86. The van der Waals surface area contributed by atoms with Crippen molar-refractivity contribution in [3.63, 3.8) is 0 Å². The Labute approximate surface area is 107 Å². The van der Waals surface area contributed by atoms with E-state index in [-0.39, 0.29) is 11.9 Å². The predicted octanol–water partition coefficient (Wildman–Crippen LogP) is 3.01. The van der Waals surface area contributed by atoms with Crippen LogP contribution in [0.5, 0.6) is 0 Å². The molecule has 1 aliphatic rings. The summed E-state index contributed by atoms with van der Waals surface area (Å²) in [5, 5.41) is 1.06. The molecule has 3 heteroatoms. The van der Waals surface area contributed by atoms with Crippen LogP contribution in [0.15, 0.2) is 18.2 Å². The second-order valence-electron chi connectivity index (χ2n) is 5.24. The van der Waals surface area contributed by atoms with Crippen LogP contribution in [0.3, 0.4) is 0 Å². The third-order valence-electron chi connectivity index (χ3n) is 3.91. The third-order valence-corrected chi connectivity index (χ3v) is 3.91. The zero-order valence-electron chi connectivity index (χ0n) is 10.7. The Balaban J connectivity index is 2.26. The van der Waals surface area contributed by atoms with Crippen molar-refractivity contribution in [2.45, 2.75) is 45.2 Å². The first kappa shape index (κ1) is 11.7. The summed E-state index contributed by atoms with van der Waals surface area (Å²) >= 11 is 0. The smallest absolute Gasteiger partial charge is 0.123 e. The van der Waals surface area contributed by atoms with Gasteiger partial charge in [0.25, 0.3) is 0 Å². The van der Waals surface area contributed by atoms with Gasteiger partial charge in [0.05, 0.1) is 0 Å². The number of fused-ring (bicyclic) bond motifs is 3. The van der Waals surface area contributed by atoms with Crippen LogP contribution in [0.1, 0.15) is 31.0 Å². The zero-order chi connectivity index (χ0) is 12.7. The van der Waals surface area contributed by atoms with Gasteiger partial charge in [-0.15, -0.1) is 0 Å². The van der Waals surface area contributed by atoms with Gasteiger partial charge in [0.2, 0.25) is 0 Å². The van der Waals surface area contributed by atoms with E-state index in [9.17, 15) is 4.39 Å². The van der Waals surface area contributed by atoms with Crippen molar-refractivity contribution >= 4 is 10.9 Å². The molecule has 1 aliphatic carbocycles. The minimum Gasteiger partial charge on any atom is -0.344 e. The lowest BCUT2D eigenvalue weighted by molar-refractivity contribution is 0.545. The molecule has 0 fully saturated rings. The van der Waals surface area contributed by atoms with Gasteiger partial charge >= 0.3 is 0 Å². The molecular weight excluding hydrogens is 227 g/mol. The number of halogens is 1. The van der Waals surface area contributed by atoms with E-state index >= 15 is 0 Å². The highest BCUT2D eigenvalue weighted by molar-refractivity contribution is 5.86. The average Bonchev–Trinajstić information content (AvgIpc) is 2.64. The Bertz CT molecular complexity index is 586. The summed E-state index contributed by atoms with van der Waals surface area (Å²) in [5.74, 6) is -0.155. The van der Waals surface area contributed by atoms with Crippen LogP contribution in [0.4, 0.5) is 4.39 Å². The molecule has 96 valence electrons. The molecule has 18 heavy (non-hydrogen) atoms. The van der Waals surface area contributed by atoms with E-state index < -0.39 is 0 Å². The maximum absolute atomic E-state index is 13.5. The monoisotopic (exact) mass is 246 g/mol. The van der Waals surface area contributed by atoms with Crippen LogP contribution in [-0.4, -0.2) is 10.6 Å². The van der Waals surface area contributed by atoms with Crippen LogP contribution < -0.4 is 5.73 Å². The number of nitrogens with zero attached hydrogens (tertiary/aromatic N) is 1. The fourth-order valence-corrected chi connectivity index (χ4v) is 3.13. The molecule has 1 atom stereocenters. The van der Waals surface area contributed by atoms with Crippen molar-refractivity contribution in [3.05, 3.63) is 35.3 Å². The predicted molar refractivity (Wildman–Crippen MR) is 72.2 cm³/mol. The van der Waals surface area contributed by atoms with Crippen LogP contribution in [0, 0.1) is 5.82 Å². The first-order valence-corrected chi connectivity index (χ1v) is 6.75. The number of benzene rings is 1. The number of aryl methyl sites for hydroxylation is 1. The Morgan fingerprint density at radius 3 is 3.06 bits per heavy atom. The van der Waals surface area contributed by atoms with Gasteiger partial charge in [-0.25, -0.2) is 4.39 Å². The summed E-state index contributed by atoms with van der Waals surface area (Å²) < 4.78 is 15.8. The minimum absolute atomic E-state index is 0.155. The number of hydrogen-bond acceptors (Lipinski definition) is 1. The van der Waals surface area contributed by atoms with Gasteiger partial charge in [0.15, 0.2) is 0 Å². The van der Waals surface area contributed by atoms with Gasteiger partial charge in [-0.2, -0.15) is 0 Å². The summed E-state index contributed by atoms with van der Waals surface area (Å²) in [6.45, 7) is 3.18. The highest BCUT2D eigenvalue weighted by Gasteiger charge is 2.23. The Hall–Kier alpha value is -1.35. The molecule has 2 N–H and O–H groups in total. The fraction of sp³-hybridized carbons (Fsp3) is 0.467. The molecule has 0 amide bonds. The molecule has 2 aromatic rings. The fourth-order valence-electron chi connectivity index (χ4n) is 3.13. The van der Waals surface area contributed by atoms with Gasteiger partial charge in [0, 0.05) is 29.2 Å². The summed E-state index contributed by atoms with van der Waals surface area (Å²) in [6, 6.07) is 5.35. The first-order chi connectivity index (χ1) is 8.70. The van der Waals surface area contributed by atoms with Crippen LogP contribution in [-0.2, 0) is 19.4 Å². The van der Waals surface area contributed by atoms with Crippen molar-refractivity contribution in [2.75, 3.05) is 0 Å². The van der Waals surface area contributed by atoms with Crippen molar-refractivity contribution < 1.29 is 4.39 Å². The van der Waals surface area contributed by atoms with Crippen molar-refractivity contribution in [3.8, 4) is 0 Å². The standard InChI is InChI=1S/C15H19FN2/c1-2-7-18-14-5-3-10(16)8-12(14)13-9-11(17)4-6-15(13)18/h3,5,8,11H,2,4,6-7,9,17H2,1H3/t11-/m1/s1. The normalized spacial score (nSPS) is 19.2. The van der Waals surface area contributed by atoms with Gasteiger partial charge in [-0.05, 0) is 49.4 Å². The number of aromatic nitrogens is 1. The summed E-state index contributed by atoms with van der Waals surface area (Å²) in [5.41, 5.74) is 9.87. The largest absolute Gasteiger partial charge is 0.344 e. The molecule has 1 aromatic carbocycles. The van der Waals surface area contributed by atoms with E-state index in [0.29, 0.717) is 0 Å². The van der Waals surface area contributed by atoms with E-state index in [2.05, 4.69) is 11.5 Å². The zero-order valence-corrected chi connectivity index (χ0v) is 10.7. The van der Waals surface area contributed by atoms with Crippen LogP contribution >= 0.6 is 0 Å². The summed E-state index contributed by atoms with van der Waals surface area (Å²) in [7, 11) is 0. The topological polar surface area (TPSA) is 30.9 Å². The molecule has 0 unspecified atom stereocenters. The van der Waals surface area contributed by atoms with E-state index in [4.69, 9.17) is 5.73 Å². The van der Waals surface area contributed by atoms with Crippen LogP contribution in [0.25, 0.3) is 10.9 Å². The highest BCUT2D eigenvalue weighted by Crippen LogP contribution is 2.32.